The largest absolute Gasteiger partial charge is 0.363 e. The second-order valence-electron chi connectivity index (χ2n) is 3.36. The second-order valence-corrected chi connectivity index (χ2v) is 3.36. The van der Waals surface area contributed by atoms with Crippen molar-refractivity contribution in [2.24, 2.45) is 5.73 Å². The molecule has 0 aliphatic carbocycles. The Morgan fingerprint density at radius 1 is 1.43 bits per heavy atom. The first-order valence-corrected chi connectivity index (χ1v) is 4.50. The molecule has 14 heavy (non-hydrogen) atoms. The molecule has 0 saturated carbocycles. The van der Waals surface area contributed by atoms with Gasteiger partial charge in [-0.25, -0.2) is 4.98 Å². The smallest absolute Gasteiger partial charge is 0.128 e. The number of hydrogen-bond acceptors (Lipinski definition) is 3. The highest BCUT2D eigenvalue weighted by Crippen LogP contribution is 2.06. The van der Waals surface area contributed by atoms with E-state index in [0.29, 0.717) is 0 Å². The second kappa shape index (κ2) is 4.64. The van der Waals surface area contributed by atoms with Gasteiger partial charge in [0.25, 0.3) is 0 Å². The Labute approximate surface area is 84.9 Å². The van der Waals surface area contributed by atoms with Crippen molar-refractivity contribution in [1.82, 2.24) is 4.98 Å². The molecule has 3 nitrogen and oxygen atoms in total. The van der Waals surface area contributed by atoms with Crippen molar-refractivity contribution in [3.63, 3.8) is 0 Å². The Hall–Kier alpha value is -1.53. The fourth-order valence-corrected chi connectivity index (χ4v) is 0.922. The van der Waals surface area contributed by atoms with Crippen molar-refractivity contribution < 1.29 is 0 Å². The summed E-state index contributed by atoms with van der Waals surface area (Å²) in [6.07, 6.45) is 1.75. The van der Waals surface area contributed by atoms with Crippen LogP contribution in [-0.4, -0.2) is 25.1 Å². The summed E-state index contributed by atoms with van der Waals surface area (Å²) in [5.74, 6) is 6.77. The first kappa shape index (κ1) is 10.6. The van der Waals surface area contributed by atoms with Gasteiger partial charge in [-0.3, -0.25) is 0 Å². The van der Waals surface area contributed by atoms with Gasteiger partial charge < -0.3 is 10.6 Å². The van der Waals surface area contributed by atoms with E-state index in [-0.39, 0.29) is 6.04 Å². The summed E-state index contributed by atoms with van der Waals surface area (Å²) in [7, 11) is 3.91. The van der Waals surface area contributed by atoms with Gasteiger partial charge in [-0.2, -0.15) is 0 Å². The fraction of sp³-hybridized carbons (Fsp3) is 0.364. The molecule has 0 saturated heterocycles. The van der Waals surface area contributed by atoms with Crippen molar-refractivity contribution in [2.75, 3.05) is 19.0 Å². The predicted molar refractivity (Wildman–Crippen MR) is 59.1 cm³/mol. The summed E-state index contributed by atoms with van der Waals surface area (Å²) < 4.78 is 0. The highest BCUT2D eigenvalue weighted by Gasteiger charge is 1.94. The monoisotopic (exact) mass is 189 g/mol. The average Bonchev–Trinajstić information content (AvgIpc) is 2.15. The van der Waals surface area contributed by atoms with Crippen LogP contribution in [0.1, 0.15) is 12.5 Å². The van der Waals surface area contributed by atoms with Crippen molar-refractivity contribution >= 4 is 5.82 Å². The molecule has 1 rings (SSSR count). The van der Waals surface area contributed by atoms with Gasteiger partial charge in [-0.15, -0.1) is 0 Å². The molecule has 3 heteroatoms. The van der Waals surface area contributed by atoms with E-state index in [4.69, 9.17) is 5.73 Å². The number of nitrogens with two attached hydrogens (primary N) is 1. The zero-order valence-electron chi connectivity index (χ0n) is 8.78. The van der Waals surface area contributed by atoms with E-state index < -0.39 is 0 Å². The van der Waals surface area contributed by atoms with Crippen LogP contribution >= 0.6 is 0 Å². The lowest BCUT2D eigenvalue weighted by molar-refractivity contribution is 0.959. The van der Waals surface area contributed by atoms with Crippen LogP contribution < -0.4 is 10.6 Å². The maximum Gasteiger partial charge on any atom is 0.128 e. The first-order chi connectivity index (χ1) is 6.59. The van der Waals surface area contributed by atoms with Gasteiger partial charge in [0.05, 0.1) is 6.04 Å². The number of nitrogens with zero attached hydrogens (tertiary/aromatic N) is 2. The lowest BCUT2D eigenvalue weighted by Crippen LogP contribution is -2.11. The minimum Gasteiger partial charge on any atom is -0.363 e. The molecule has 0 fully saturated rings. The van der Waals surface area contributed by atoms with Gasteiger partial charge >= 0.3 is 0 Å². The van der Waals surface area contributed by atoms with Crippen LogP contribution in [0.15, 0.2) is 18.3 Å². The minimum absolute atomic E-state index is 0.0940. The van der Waals surface area contributed by atoms with E-state index in [1.54, 1.807) is 6.20 Å². The summed E-state index contributed by atoms with van der Waals surface area (Å²) in [6, 6.07) is 3.78. The molecule has 0 aliphatic heterocycles. The lowest BCUT2D eigenvalue weighted by Gasteiger charge is -2.09. The topological polar surface area (TPSA) is 42.1 Å². The SMILES string of the molecule is CC(N)C#Cc1ccc(N(C)C)nc1. The standard InChI is InChI=1S/C11H15N3/c1-9(12)4-5-10-6-7-11(13-8-10)14(2)3/h6-9H,12H2,1-3H3. The number of aromatic nitrogens is 1. The Morgan fingerprint density at radius 2 is 2.14 bits per heavy atom. The molecule has 1 heterocycles. The van der Waals surface area contributed by atoms with E-state index in [2.05, 4.69) is 16.8 Å². The van der Waals surface area contributed by atoms with Gasteiger partial charge in [0.1, 0.15) is 5.82 Å². The molecule has 1 aromatic rings. The van der Waals surface area contributed by atoms with Crippen LogP contribution in [-0.2, 0) is 0 Å². The summed E-state index contributed by atoms with van der Waals surface area (Å²) in [5.41, 5.74) is 6.41. The average molecular weight is 189 g/mol. The first-order valence-electron chi connectivity index (χ1n) is 4.50. The third-order valence-electron chi connectivity index (χ3n) is 1.65. The molecule has 0 radical (unpaired) electrons. The predicted octanol–water partition coefficient (Wildman–Crippen LogP) is 0.846. The summed E-state index contributed by atoms with van der Waals surface area (Å²) in [4.78, 5) is 6.19. The number of hydrogen-bond donors (Lipinski definition) is 1. The Morgan fingerprint density at radius 3 is 2.57 bits per heavy atom. The highest BCUT2D eigenvalue weighted by molar-refractivity contribution is 5.42. The lowest BCUT2D eigenvalue weighted by atomic mass is 10.2. The normalized spacial score (nSPS) is 11.4. The van der Waals surface area contributed by atoms with Crippen LogP contribution in [0.2, 0.25) is 0 Å². The fourth-order valence-electron chi connectivity index (χ4n) is 0.922. The molecule has 0 spiro atoms. The van der Waals surface area contributed by atoms with E-state index in [9.17, 15) is 0 Å². The number of rotatable bonds is 1. The molecule has 0 aliphatic rings. The summed E-state index contributed by atoms with van der Waals surface area (Å²) in [5, 5.41) is 0. The molecular weight excluding hydrogens is 174 g/mol. The summed E-state index contributed by atoms with van der Waals surface area (Å²) >= 11 is 0. The van der Waals surface area contributed by atoms with Gasteiger partial charge in [0.15, 0.2) is 0 Å². The molecule has 1 aromatic heterocycles. The molecule has 0 amide bonds. The quantitative estimate of drug-likeness (QED) is 0.666. The van der Waals surface area contributed by atoms with Crippen molar-refractivity contribution in [3.05, 3.63) is 23.9 Å². The number of pyridine rings is 1. The van der Waals surface area contributed by atoms with Gasteiger partial charge in [-0.1, -0.05) is 11.8 Å². The van der Waals surface area contributed by atoms with Gasteiger partial charge in [0, 0.05) is 25.9 Å². The molecular formula is C11H15N3. The molecule has 0 aromatic carbocycles. The Balaban J connectivity index is 2.80. The van der Waals surface area contributed by atoms with Crippen molar-refractivity contribution in [1.29, 1.82) is 0 Å². The zero-order valence-corrected chi connectivity index (χ0v) is 8.78. The van der Waals surface area contributed by atoms with Gasteiger partial charge in [-0.05, 0) is 19.1 Å². The van der Waals surface area contributed by atoms with E-state index in [1.807, 2.05) is 38.1 Å². The highest BCUT2D eigenvalue weighted by atomic mass is 15.1. The molecule has 74 valence electrons. The Bertz CT molecular complexity index is 341. The molecule has 2 N–H and O–H groups in total. The van der Waals surface area contributed by atoms with Crippen LogP contribution in [0.25, 0.3) is 0 Å². The van der Waals surface area contributed by atoms with E-state index >= 15 is 0 Å². The van der Waals surface area contributed by atoms with Crippen molar-refractivity contribution in [2.45, 2.75) is 13.0 Å². The minimum atomic E-state index is -0.0940. The van der Waals surface area contributed by atoms with Crippen LogP contribution in [0.4, 0.5) is 5.82 Å². The van der Waals surface area contributed by atoms with Crippen LogP contribution in [0, 0.1) is 11.8 Å². The Kier molecular flexibility index (Phi) is 3.49. The number of anilines is 1. The van der Waals surface area contributed by atoms with Gasteiger partial charge in [0.2, 0.25) is 0 Å². The third-order valence-corrected chi connectivity index (χ3v) is 1.65. The maximum absolute atomic E-state index is 5.52. The van der Waals surface area contributed by atoms with Crippen LogP contribution in [0.5, 0.6) is 0 Å². The third kappa shape index (κ3) is 3.08. The molecule has 0 bridgehead atoms. The van der Waals surface area contributed by atoms with Crippen LogP contribution in [0.3, 0.4) is 0 Å². The molecule has 1 unspecified atom stereocenters. The maximum atomic E-state index is 5.52. The zero-order chi connectivity index (χ0) is 10.6. The van der Waals surface area contributed by atoms with E-state index in [0.717, 1.165) is 11.4 Å². The van der Waals surface area contributed by atoms with Crippen molar-refractivity contribution in [3.8, 4) is 11.8 Å². The van der Waals surface area contributed by atoms with E-state index in [1.165, 1.54) is 0 Å². The molecule has 1 atom stereocenters. The summed E-state index contributed by atoms with van der Waals surface area (Å²) in [6.45, 7) is 1.86.